The third-order valence-electron chi connectivity index (χ3n) is 1.59. The Morgan fingerprint density at radius 2 is 2.21 bits per heavy atom. The van der Waals surface area contributed by atoms with E-state index in [1.165, 1.54) is 18.0 Å². The minimum atomic E-state index is -2.15. The van der Waals surface area contributed by atoms with Crippen molar-refractivity contribution in [1.29, 1.82) is 0 Å². The first-order chi connectivity index (χ1) is 6.74. The Labute approximate surface area is 83.3 Å². The lowest BCUT2D eigenvalue weighted by molar-refractivity contribution is 0.356. The van der Waals surface area contributed by atoms with Gasteiger partial charge in [-0.3, -0.25) is 4.57 Å². The lowest BCUT2D eigenvalue weighted by atomic mass is 10.2. The van der Waals surface area contributed by atoms with Gasteiger partial charge in [0.1, 0.15) is 5.82 Å². The highest BCUT2D eigenvalue weighted by atomic mass is 31.1. The Balaban J connectivity index is 2.69. The Morgan fingerprint density at radius 3 is 2.86 bits per heavy atom. The molecule has 0 spiro atoms. The van der Waals surface area contributed by atoms with Gasteiger partial charge >= 0.3 is 0 Å². The van der Waals surface area contributed by atoms with Crippen molar-refractivity contribution in [3.63, 3.8) is 0 Å². The zero-order valence-corrected chi connectivity index (χ0v) is 8.87. The molecule has 1 atom stereocenters. The van der Waals surface area contributed by atoms with Crippen LogP contribution in [0.4, 0.5) is 4.39 Å². The molecule has 4 heteroatoms. The van der Waals surface area contributed by atoms with Crippen LogP contribution in [-0.4, -0.2) is 6.61 Å². The monoisotopic (exact) mass is 214 g/mol. The van der Waals surface area contributed by atoms with Crippen LogP contribution >= 0.6 is 8.03 Å². The Bertz CT molecular complexity index is 350. The summed E-state index contributed by atoms with van der Waals surface area (Å²) >= 11 is 0. The third-order valence-corrected chi connectivity index (χ3v) is 2.60. The normalized spacial score (nSPS) is 13.3. The highest BCUT2D eigenvalue weighted by Crippen LogP contribution is 2.25. The first-order valence-electron chi connectivity index (χ1n) is 4.33. The molecule has 1 aromatic carbocycles. The van der Waals surface area contributed by atoms with E-state index in [0.717, 1.165) is 0 Å². The fourth-order valence-corrected chi connectivity index (χ4v) is 1.65. The summed E-state index contributed by atoms with van der Waals surface area (Å²) < 4.78 is 29.0. The molecular weight excluding hydrogens is 202 g/mol. The second-order valence-corrected chi connectivity index (χ2v) is 3.87. The van der Waals surface area contributed by atoms with Gasteiger partial charge in [-0.05, 0) is 24.9 Å². The lowest BCUT2D eigenvalue weighted by Gasteiger charge is -1.96. The van der Waals surface area contributed by atoms with E-state index in [0.29, 0.717) is 12.2 Å². The summed E-state index contributed by atoms with van der Waals surface area (Å²) in [6.07, 6.45) is 1.48. The van der Waals surface area contributed by atoms with Gasteiger partial charge in [0.05, 0.1) is 6.61 Å². The van der Waals surface area contributed by atoms with Crippen LogP contribution in [0.1, 0.15) is 12.5 Å². The number of hydrogen-bond donors (Lipinski definition) is 0. The molecule has 0 fully saturated rings. The first-order valence-corrected chi connectivity index (χ1v) is 5.72. The van der Waals surface area contributed by atoms with Crippen molar-refractivity contribution in [2.75, 3.05) is 6.61 Å². The van der Waals surface area contributed by atoms with Crippen LogP contribution in [0.3, 0.4) is 0 Å². The van der Waals surface area contributed by atoms with Gasteiger partial charge < -0.3 is 4.52 Å². The number of halogens is 1. The zero-order chi connectivity index (χ0) is 10.4. The summed E-state index contributed by atoms with van der Waals surface area (Å²) in [5, 5.41) is 0. The molecule has 0 saturated carbocycles. The molecule has 0 saturated heterocycles. The van der Waals surface area contributed by atoms with E-state index in [9.17, 15) is 8.96 Å². The van der Waals surface area contributed by atoms with E-state index in [2.05, 4.69) is 0 Å². The maximum atomic E-state index is 13.0. The number of hydrogen-bond acceptors (Lipinski definition) is 2. The largest absolute Gasteiger partial charge is 0.328 e. The summed E-state index contributed by atoms with van der Waals surface area (Å²) in [6, 6.07) is 6.31. The van der Waals surface area contributed by atoms with Crippen LogP contribution in [-0.2, 0) is 9.09 Å². The fraction of sp³-hybridized carbons (Fsp3) is 0.200. The van der Waals surface area contributed by atoms with Crippen molar-refractivity contribution in [1.82, 2.24) is 0 Å². The number of benzene rings is 1. The van der Waals surface area contributed by atoms with Crippen molar-refractivity contribution >= 4 is 14.1 Å². The van der Waals surface area contributed by atoms with E-state index >= 15 is 0 Å². The van der Waals surface area contributed by atoms with Gasteiger partial charge in [0.15, 0.2) is 0 Å². The van der Waals surface area contributed by atoms with Crippen molar-refractivity contribution in [3.8, 4) is 0 Å². The first kappa shape index (κ1) is 11.2. The van der Waals surface area contributed by atoms with E-state index in [-0.39, 0.29) is 5.82 Å². The molecule has 0 bridgehead atoms. The van der Waals surface area contributed by atoms with Crippen molar-refractivity contribution in [3.05, 3.63) is 41.5 Å². The average molecular weight is 214 g/mol. The molecule has 14 heavy (non-hydrogen) atoms. The predicted molar refractivity (Wildman–Crippen MR) is 56.1 cm³/mol. The van der Waals surface area contributed by atoms with E-state index in [1.807, 2.05) is 0 Å². The van der Waals surface area contributed by atoms with E-state index in [1.54, 1.807) is 25.1 Å². The molecule has 76 valence electrons. The van der Waals surface area contributed by atoms with Crippen molar-refractivity contribution in [2.45, 2.75) is 6.92 Å². The second-order valence-electron chi connectivity index (χ2n) is 2.61. The topological polar surface area (TPSA) is 26.3 Å². The SMILES string of the molecule is CCO[PH](=O)C=Cc1ccccc1F. The summed E-state index contributed by atoms with van der Waals surface area (Å²) in [6.45, 7) is 2.17. The van der Waals surface area contributed by atoms with Crippen LogP contribution in [0, 0.1) is 5.82 Å². The van der Waals surface area contributed by atoms with Gasteiger partial charge in [-0.1, -0.05) is 18.2 Å². The van der Waals surface area contributed by atoms with Crippen LogP contribution < -0.4 is 0 Å². The van der Waals surface area contributed by atoms with Crippen LogP contribution in [0.25, 0.3) is 6.08 Å². The van der Waals surface area contributed by atoms with Gasteiger partial charge in [0.25, 0.3) is 0 Å². The molecule has 0 aliphatic carbocycles. The minimum Gasteiger partial charge on any atom is -0.328 e. The summed E-state index contributed by atoms with van der Waals surface area (Å²) in [4.78, 5) is 0. The Kier molecular flexibility index (Phi) is 4.57. The number of rotatable bonds is 4. The molecule has 1 aromatic rings. The average Bonchev–Trinajstić information content (AvgIpc) is 2.17. The molecule has 0 heterocycles. The van der Waals surface area contributed by atoms with Crippen LogP contribution in [0.2, 0.25) is 0 Å². The zero-order valence-electron chi connectivity index (χ0n) is 7.87. The van der Waals surface area contributed by atoms with E-state index in [4.69, 9.17) is 4.52 Å². The third kappa shape index (κ3) is 3.44. The highest BCUT2D eigenvalue weighted by molar-refractivity contribution is 7.43. The summed E-state index contributed by atoms with van der Waals surface area (Å²) in [5.41, 5.74) is 0.422. The predicted octanol–water partition coefficient (Wildman–Crippen LogP) is 3.31. The molecular formula is C10H12FO2P. The minimum absolute atomic E-state index is 0.324. The lowest BCUT2D eigenvalue weighted by Crippen LogP contribution is -1.79. The second kappa shape index (κ2) is 5.74. The molecule has 1 unspecified atom stereocenters. The fourth-order valence-electron chi connectivity index (χ4n) is 0.958. The Hall–Kier alpha value is -0.920. The quantitative estimate of drug-likeness (QED) is 0.718. The van der Waals surface area contributed by atoms with Crippen molar-refractivity contribution < 1.29 is 13.5 Å². The molecule has 0 N–H and O–H groups in total. The Morgan fingerprint density at radius 1 is 1.50 bits per heavy atom. The molecule has 0 aliphatic rings. The standard InChI is InChI=1S/C10H12FO2P/c1-2-13-14(12)8-7-9-5-3-4-6-10(9)11/h3-8,14H,2H2,1H3. The molecule has 0 aromatic heterocycles. The molecule has 0 amide bonds. The smallest absolute Gasteiger partial charge is 0.213 e. The van der Waals surface area contributed by atoms with Crippen LogP contribution in [0.5, 0.6) is 0 Å². The molecule has 2 nitrogen and oxygen atoms in total. The molecule has 0 aliphatic heterocycles. The van der Waals surface area contributed by atoms with Gasteiger partial charge in [-0.2, -0.15) is 0 Å². The molecule has 1 rings (SSSR count). The maximum absolute atomic E-state index is 13.0. The molecule has 0 radical (unpaired) electrons. The van der Waals surface area contributed by atoms with E-state index < -0.39 is 8.03 Å². The van der Waals surface area contributed by atoms with Gasteiger partial charge in [-0.25, -0.2) is 4.39 Å². The highest BCUT2D eigenvalue weighted by Gasteiger charge is 1.96. The van der Waals surface area contributed by atoms with Gasteiger partial charge in [0, 0.05) is 5.56 Å². The van der Waals surface area contributed by atoms with Gasteiger partial charge in [0.2, 0.25) is 8.03 Å². The van der Waals surface area contributed by atoms with Crippen LogP contribution in [0.15, 0.2) is 30.1 Å². The maximum Gasteiger partial charge on any atom is 0.213 e. The van der Waals surface area contributed by atoms with Gasteiger partial charge in [-0.15, -0.1) is 0 Å². The summed E-state index contributed by atoms with van der Waals surface area (Å²) in [5.74, 6) is 1.07. The summed E-state index contributed by atoms with van der Waals surface area (Å²) in [7, 11) is -2.15. The van der Waals surface area contributed by atoms with Crippen molar-refractivity contribution in [2.24, 2.45) is 0 Å².